The minimum Gasteiger partial charge on any atom is -0.496 e. The molecule has 2 aromatic carbocycles. The van der Waals surface area contributed by atoms with Crippen LogP contribution in [0.3, 0.4) is 0 Å². The first-order valence-electron chi connectivity index (χ1n) is 5.76. The van der Waals surface area contributed by atoms with Crippen LogP contribution in [0.25, 0.3) is 0 Å². The Bertz CT molecular complexity index is 599. The van der Waals surface area contributed by atoms with E-state index >= 15 is 0 Å². The van der Waals surface area contributed by atoms with Gasteiger partial charge in [-0.05, 0) is 70.5 Å². The zero-order valence-electron chi connectivity index (χ0n) is 10.6. The summed E-state index contributed by atoms with van der Waals surface area (Å²) in [7, 11) is 1.70. The Balaban J connectivity index is 2.41. The van der Waals surface area contributed by atoms with Crippen molar-refractivity contribution in [3.05, 3.63) is 61.1 Å². The second-order valence-corrected chi connectivity index (χ2v) is 7.25. The molecule has 0 aliphatic heterocycles. The third-order valence-electron chi connectivity index (χ3n) is 2.94. The van der Waals surface area contributed by atoms with Gasteiger partial charge in [0, 0.05) is 8.04 Å². The Hall–Kier alpha value is -0.0700. The van der Waals surface area contributed by atoms with Gasteiger partial charge < -0.3 is 4.74 Å². The van der Waals surface area contributed by atoms with Crippen LogP contribution in [0.1, 0.15) is 21.5 Å². The second kappa shape index (κ2) is 6.59. The molecular weight excluding hydrogens is 483 g/mol. The highest BCUT2D eigenvalue weighted by Crippen LogP contribution is 2.36. The van der Waals surface area contributed by atoms with E-state index < -0.39 is 0 Å². The molecule has 100 valence electrons. The number of alkyl halides is 1. The van der Waals surface area contributed by atoms with Gasteiger partial charge in [-0.15, -0.1) is 0 Å². The zero-order chi connectivity index (χ0) is 14.0. The van der Waals surface area contributed by atoms with Crippen LogP contribution in [0.5, 0.6) is 5.75 Å². The molecule has 4 heteroatoms. The van der Waals surface area contributed by atoms with Crippen molar-refractivity contribution in [3.63, 3.8) is 0 Å². The predicted octanol–water partition coefficient (Wildman–Crippen LogP) is 5.86. The van der Waals surface area contributed by atoms with Gasteiger partial charge in [0.05, 0.1) is 11.9 Å². The summed E-state index contributed by atoms with van der Waals surface area (Å²) < 4.78 is 7.65. The summed E-state index contributed by atoms with van der Waals surface area (Å²) in [5.41, 5.74) is 3.64. The van der Waals surface area contributed by atoms with Gasteiger partial charge >= 0.3 is 0 Å². The molecule has 0 N–H and O–H groups in total. The van der Waals surface area contributed by atoms with E-state index in [0.717, 1.165) is 15.8 Å². The molecular formula is C15H13Br2IO. The highest BCUT2D eigenvalue weighted by Gasteiger charge is 2.15. The maximum atomic E-state index is 5.30. The maximum Gasteiger partial charge on any atom is 0.121 e. The molecule has 0 spiro atoms. The number of ether oxygens (including phenoxy) is 1. The topological polar surface area (TPSA) is 9.23 Å². The Labute approximate surface area is 144 Å². The fourth-order valence-corrected chi connectivity index (χ4v) is 4.06. The number of hydrogen-bond donors (Lipinski definition) is 0. The summed E-state index contributed by atoms with van der Waals surface area (Å²) in [6.45, 7) is 2.06. The molecule has 0 fully saturated rings. The van der Waals surface area contributed by atoms with Gasteiger partial charge in [0.1, 0.15) is 5.75 Å². The summed E-state index contributed by atoms with van der Waals surface area (Å²) in [4.78, 5) is 0.182. The molecule has 0 bridgehead atoms. The lowest BCUT2D eigenvalue weighted by Crippen LogP contribution is -1.97. The fourth-order valence-electron chi connectivity index (χ4n) is 1.95. The van der Waals surface area contributed by atoms with E-state index in [0.29, 0.717) is 0 Å². The van der Waals surface area contributed by atoms with Gasteiger partial charge in [-0.1, -0.05) is 44.0 Å². The summed E-state index contributed by atoms with van der Waals surface area (Å²) in [5.74, 6) is 0.924. The van der Waals surface area contributed by atoms with Crippen molar-refractivity contribution in [2.45, 2.75) is 11.8 Å². The number of halogens is 3. The molecule has 0 amide bonds. The van der Waals surface area contributed by atoms with Gasteiger partial charge in [0.25, 0.3) is 0 Å². The lowest BCUT2D eigenvalue weighted by atomic mass is 10.0. The van der Waals surface area contributed by atoms with E-state index in [1.54, 1.807) is 7.11 Å². The third-order valence-corrected chi connectivity index (χ3v) is 5.44. The lowest BCUT2D eigenvalue weighted by Gasteiger charge is -2.15. The highest BCUT2D eigenvalue weighted by atomic mass is 127. The van der Waals surface area contributed by atoms with Crippen molar-refractivity contribution >= 4 is 54.5 Å². The molecule has 0 heterocycles. The zero-order valence-corrected chi connectivity index (χ0v) is 15.9. The van der Waals surface area contributed by atoms with Crippen molar-refractivity contribution in [2.75, 3.05) is 7.11 Å². The van der Waals surface area contributed by atoms with Gasteiger partial charge in [-0.2, -0.15) is 0 Å². The first-order valence-corrected chi connectivity index (χ1v) is 8.55. The molecule has 1 nitrogen and oxygen atoms in total. The molecule has 0 saturated carbocycles. The normalized spacial score (nSPS) is 12.3. The Morgan fingerprint density at radius 2 is 1.89 bits per heavy atom. The van der Waals surface area contributed by atoms with E-state index in [2.05, 4.69) is 91.7 Å². The summed E-state index contributed by atoms with van der Waals surface area (Å²) in [5, 5.41) is 0. The molecule has 2 aromatic rings. The van der Waals surface area contributed by atoms with E-state index in [1.807, 2.05) is 6.07 Å². The number of rotatable bonds is 3. The molecule has 0 saturated heterocycles. The minimum absolute atomic E-state index is 0.182. The molecule has 0 aromatic heterocycles. The minimum atomic E-state index is 0.182. The quantitative estimate of drug-likeness (QED) is 0.383. The lowest BCUT2D eigenvalue weighted by molar-refractivity contribution is 0.411. The van der Waals surface area contributed by atoms with Crippen LogP contribution in [0.2, 0.25) is 0 Å². The van der Waals surface area contributed by atoms with Crippen LogP contribution in [-0.2, 0) is 0 Å². The van der Waals surface area contributed by atoms with Crippen LogP contribution < -0.4 is 4.74 Å². The standard InChI is InChI=1S/C15H13Br2IO/c1-9-7-10(3-6-14(9)19-2)15(17)12-8-11(16)4-5-13(12)18/h3-8,15H,1-2H3. The van der Waals surface area contributed by atoms with E-state index in [-0.39, 0.29) is 4.83 Å². The number of aryl methyl sites for hydroxylation is 1. The van der Waals surface area contributed by atoms with Crippen molar-refractivity contribution in [1.82, 2.24) is 0 Å². The molecule has 0 aliphatic carbocycles. The summed E-state index contributed by atoms with van der Waals surface area (Å²) in [6.07, 6.45) is 0. The summed E-state index contributed by atoms with van der Waals surface area (Å²) >= 11 is 9.69. The van der Waals surface area contributed by atoms with Crippen LogP contribution in [-0.4, -0.2) is 7.11 Å². The Morgan fingerprint density at radius 3 is 2.53 bits per heavy atom. The third kappa shape index (κ3) is 3.52. The molecule has 1 atom stereocenters. The number of benzene rings is 2. The molecule has 1 unspecified atom stereocenters. The second-order valence-electron chi connectivity index (χ2n) is 4.26. The molecule has 19 heavy (non-hydrogen) atoms. The van der Waals surface area contributed by atoms with Crippen molar-refractivity contribution in [1.29, 1.82) is 0 Å². The Morgan fingerprint density at radius 1 is 1.16 bits per heavy atom. The Kier molecular flexibility index (Phi) is 5.31. The SMILES string of the molecule is COc1ccc(C(Br)c2cc(Br)ccc2I)cc1C. The molecule has 0 aliphatic rings. The van der Waals surface area contributed by atoms with Crippen LogP contribution in [0.4, 0.5) is 0 Å². The van der Waals surface area contributed by atoms with Gasteiger partial charge in [0.15, 0.2) is 0 Å². The van der Waals surface area contributed by atoms with Gasteiger partial charge in [-0.25, -0.2) is 0 Å². The maximum absolute atomic E-state index is 5.30. The first-order chi connectivity index (χ1) is 9.02. The fraction of sp³-hybridized carbons (Fsp3) is 0.200. The highest BCUT2D eigenvalue weighted by molar-refractivity contribution is 14.1. The van der Waals surface area contributed by atoms with Crippen LogP contribution >= 0.6 is 54.5 Å². The predicted molar refractivity (Wildman–Crippen MR) is 95.4 cm³/mol. The molecule has 0 radical (unpaired) electrons. The number of methoxy groups -OCH3 is 1. The average molecular weight is 496 g/mol. The van der Waals surface area contributed by atoms with Crippen molar-refractivity contribution in [3.8, 4) is 5.75 Å². The van der Waals surface area contributed by atoms with Crippen molar-refractivity contribution < 1.29 is 4.74 Å². The van der Waals surface area contributed by atoms with Crippen molar-refractivity contribution in [2.24, 2.45) is 0 Å². The molecule has 2 rings (SSSR count). The van der Waals surface area contributed by atoms with E-state index in [1.165, 1.54) is 14.7 Å². The van der Waals surface area contributed by atoms with Gasteiger partial charge in [-0.3, -0.25) is 0 Å². The van der Waals surface area contributed by atoms with Crippen LogP contribution in [0.15, 0.2) is 40.9 Å². The monoisotopic (exact) mass is 494 g/mol. The summed E-state index contributed by atoms with van der Waals surface area (Å²) in [6, 6.07) is 12.6. The number of hydrogen-bond acceptors (Lipinski definition) is 1. The smallest absolute Gasteiger partial charge is 0.121 e. The van der Waals surface area contributed by atoms with Gasteiger partial charge in [0.2, 0.25) is 0 Å². The largest absolute Gasteiger partial charge is 0.496 e. The van der Waals surface area contributed by atoms with Crippen LogP contribution in [0, 0.1) is 10.5 Å². The van der Waals surface area contributed by atoms with E-state index in [4.69, 9.17) is 4.74 Å². The first kappa shape index (κ1) is 15.3. The average Bonchev–Trinajstić information content (AvgIpc) is 2.40. The van der Waals surface area contributed by atoms with E-state index in [9.17, 15) is 0 Å².